The Bertz CT molecular complexity index is 1270. The van der Waals surface area contributed by atoms with Crippen LogP contribution in [0.2, 0.25) is 5.02 Å². The molecule has 1 fully saturated rings. The molecule has 0 unspecified atom stereocenters. The Morgan fingerprint density at radius 3 is 2.69 bits per heavy atom. The van der Waals surface area contributed by atoms with Gasteiger partial charge in [0.25, 0.3) is 10.0 Å². The summed E-state index contributed by atoms with van der Waals surface area (Å²) in [4.78, 5) is 14.2. The van der Waals surface area contributed by atoms with Crippen molar-refractivity contribution in [2.75, 3.05) is 38.3 Å². The number of sulfonamides is 1. The molecule has 1 aromatic heterocycles. The quantitative estimate of drug-likeness (QED) is 0.490. The van der Waals surface area contributed by atoms with E-state index < -0.39 is 21.7 Å². The van der Waals surface area contributed by atoms with Gasteiger partial charge in [-0.3, -0.25) is 4.79 Å². The highest BCUT2D eigenvalue weighted by atomic mass is 35.5. The monoisotopic (exact) mass is 482 g/mol. The van der Waals surface area contributed by atoms with Crippen molar-refractivity contribution < 1.29 is 31.5 Å². The lowest BCUT2D eigenvalue weighted by Gasteiger charge is -2.33. The van der Waals surface area contributed by atoms with E-state index in [1.807, 2.05) is 9.62 Å². The third-order valence-corrected chi connectivity index (χ3v) is 6.80. The van der Waals surface area contributed by atoms with Crippen LogP contribution in [0.15, 0.2) is 45.7 Å². The van der Waals surface area contributed by atoms with Gasteiger partial charge in [0.1, 0.15) is 28.7 Å². The predicted molar refractivity (Wildman–Crippen MR) is 116 cm³/mol. The molecule has 8 nitrogen and oxygen atoms in total. The molecule has 1 amide bonds. The number of rotatable bonds is 8. The van der Waals surface area contributed by atoms with Gasteiger partial charge in [0.15, 0.2) is 5.76 Å². The second-order valence-electron chi connectivity index (χ2n) is 7.16. The van der Waals surface area contributed by atoms with Gasteiger partial charge < -0.3 is 18.8 Å². The second-order valence-corrected chi connectivity index (χ2v) is 9.22. The number of amides is 1. The van der Waals surface area contributed by atoms with E-state index in [-0.39, 0.29) is 39.0 Å². The maximum Gasteiger partial charge on any atom is 0.300 e. The van der Waals surface area contributed by atoms with Gasteiger partial charge in [0.05, 0.1) is 17.0 Å². The zero-order valence-electron chi connectivity index (χ0n) is 17.1. The van der Waals surface area contributed by atoms with Gasteiger partial charge in [-0.1, -0.05) is 11.6 Å². The van der Waals surface area contributed by atoms with E-state index in [1.54, 1.807) is 6.07 Å². The van der Waals surface area contributed by atoms with E-state index in [0.717, 1.165) is 19.5 Å². The summed E-state index contributed by atoms with van der Waals surface area (Å²) in [5.74, 6) is -1.71. The van der Waals surface area contributed by atoms with Crippen LogP contribution in [0.3, 0.4) is 0 Å². The van der Waals surface area contributed by atoms with Gasteiger partial charge in [0, 0.05) is 44.1 Å². The fourth-order valence-corrected chi connectivity index (χ4v) is 4.67. The molecule has 32 heavy (non-hydrogen) atoms. The van der Waals surface area contributed by atoms with Crippen LogP contribution in [0.4, 0.5) is 10.1 Å². The lowest BCUT2D eigenvalue weighted by molar-refractivity contribution is 0.0956. The normalized spacial score (nSPS) is 13.8. The summed E-state index contributed by atoms with van der Waals surface area (Å²) >= 11 is 6.03. The van der Waals surface area contributed by atoms with Gasteiger partial charge in [-0.15, -0.1) is 0 Å². The number of methoxy groups -OCH3 is 1. The number of hydrogen-bond donors (Lipinski definition) is 1. The maximum atomic E-state index is 14.5. The zero-order valence-corrected chi connectivity index (χ0v) is 18.6. The molecule has 2 heterocycles. The molecule has 0 radical (unpaired) electrons. The lowest BCUT2D eigenvalue weighted by atomic mass is 10.1. The average Bonchev–Trinajstić information content (AvgIpc) is 3.13. The molecule has 170 valence electrons. The fraction of sp³-hybridized carbons (Fsp3) is 0.286. The van der Waals surface area contributed by atoms with E-state index in [4.69, 9.17) is 25.5 Å². The number of nitrogens with zero attached hydrogens (tertiary/aromatic N) is 1. The Kier molecular flexibility index (Phi) is 6.27. The van der Waals surface area contributed by atoms with E-state index >= 15 is 0 Å². The minimum atomic E-state index is -4.36. The van der Waals surface area contributed by atoms with Gasteiger partial charge in [-0.2, -0.15) is 0 Å². The number of carbonyl (C=O) groups excluding carboxylic acids is 1. The highest BCUT2D eigenvalue weighted by Gasteiger charge is 2.25. The van der Waals surface area contributed by atoms with Crippen molar-refractivity contribution in [2.24, 2.45) is 0 Å². The summed E-state index contributed by atoms with van der Waals surface area (Å²) in [6.45, 7) is 2.13. The molecule has 1 aliphatic heterocycles. The van der Waals surface area contributed by atoms with Crippen LogP contribution in [-0.2, 0) is 14.8 Å². The van der Waals surface area contributed by atoms with Crippen molar-refractivity contribution in [1.29, 1.82) is 0 Å². The van der Waals surface area contributed by atoms with Crippen molar-refractivity contribution in [3.8, 4) is 5.75 Å². The average molecular weight is 483 g/mol. The molecule has 2 aromatic carbocycles. The van der Waals surface area contributed by atoms with Gasteiger partial charge >= 0.3 is 5.91 Å². The van der Waals surface area contributed by atoms with Gasteiger partial charge in [-0.05, 0) is 24.6 Å². The van der Waals surface area contributed by atoms with Crippen LogP contribution in [0, 0.1) is 5.82 Å². The number of benzene rings is 2. The molecule has 0 saturated carbocycles. The number of ether oxygens (including phenoxy) is 2. The number of carbonyl (C=O) groups is 1. The van der Waals surface area contributed by atoms with E-state index in [1.165, 1.54) is 37.4 Å². The van der Waals surface area contributed by atoms with Crippen LogP contribution >= 0.6 is 11.6 Å². The van der Waals surface area contributed by atoms with Crippen LogP contribution in [0.1, 0.15) is 17.0 Å². The Balaban J connectivity index is 1.57. The Hall–Kier alpha value is -2.82. The molecule has 0 spiro atoms. The summed E-state index contributed by atoms with van der Waals surface area (Å²) in [7, 11) is -2.85. The van der Waals surface area contributed by atoms with Gasteiger partial charge in [0.2, 0.25) is 0 Å². The molecule has 0 aliphatic carbocycles. The van der Waals surface area contributed by atoms with E-state index in [0.29, 0.717) is 12.3 Å². The zero-order chi connectivity index (χ0) is 22.9. The van der Waals surface area contributed by atoms with Crippen molar-refractivity contribution >= 4 is 44.2 Å². The van der Waals surface area contributed by atoms with Crippen molar-refractivity contribution in [2.45, 2.75) is 11.3 Å². The first-order chi connectivity index (χ1) is 15.3. The number of fused-ring (bicyclic) bond motifs is 1. The van der Waals surface area contributed by atoms with E-state index in [2.05, 4.69) is 0 Å². The third-order valence-electron chi connectivity index (χ3n) is 4.99. The second kappa shape index (κ2) is 8.97. The number of anilines is 1. The molecule has 1 N–H and O–H groups in total. The van der Waals surface area contributed by atoms with Gasteiger partial charge in [-0.25, -0.2) is 17.5 Å². The number of nitrogens with one attached hydrogen (secondary N) is 1. The van der Waals surface area contributed by atoms with Crippen LogP contribution in [0.25, 0.3) is 11.0 Å². The minimum absolute atomic E-state index is 0.0865. The predicted octanol–water partition coefficient (Wildman–Crippen LogP) is 3.58. The summed E-state index contributed by atoms with van der Waals surface area (Å²) < 4.78 is 57.7. The van der Waals surface area contributed by atoms with Crippen LogP contribution in [0.5, 0.6) is 5.75 Å². The highest BCUT2D eigenvalue weighted by Crippen LogP contribution is 2.31. The Labute approximate surface area is 188 Å². The van der Waals surface area contributed by atoms with Crippen molar-refractivity contribution in [1.82, 2.24) is 4.72 Å². The van der Waals surface area contributed by atoms with Crippen molar-refractivity contribution in [3.05, 3.63) is 53.0 Å². The molecule has 1 saturated heterocycles. The summed E-state index contributed by atoms with van der Waals surface area (Å²) in [5, 5.41) is -0.0115. The number of hydrogen-bond acceptors (Lipinski definition) is 7. The summed E-state index contributed by atoms with van der Waals surface area (Å²) in [5.41, 5.74) is 0.799. The molecule has 4 rings (SSSR count). The Morgan fingerprint density at radius 2 is 2.00 bits per heavy atom. The minimum Gasteiger partial charge on any atom is -0.491 e. The summed E-state index contributed by atoms with van der Waals surface area (Å²) in [6, 6.07) is 8.20. The lowest BCUT2D eigenvalue weighted by Crippen LogP contribution is -2.36. The molecular formula is C21H20ClFN2O6S. The first kappa shape index (κ1) is 22.4. The Morgan fingerprint density at radius 1 is 1.22 bits per heavy atom. The topological polar surface area (TPSA) is 98.1 Å². The van der Waals surface area contributed by atoms with Crippen LogP contribution < -0.4 is 14.4 Å². The number of furan rings is 1. The number of halogens is 2. The molecule has 3 aromatic rings. The maximum absolute atomic E-state index is 14.5. The largest absolute Gasteiger partial charge is 0.491 e. The standard InChI is InChI=1S/C21H20ClFN2O6S/c1-29-7-8-30-14-3-4-16(22)20(11-14)32(27,28)24-21(26)19-12-15-17(23)9-13(10-18(15)31-19)25-5-2-6-25/h3-4,9-12H,2,5-8H2,1H3,(H,24,26). The molecule has 0 bridgehead atoms. The van der Waals surface area contributed by atoms with E-state index in [9.17, 15) is 17.6 Å². The first-order valence-electron chi connectivity index (χ1n) is 9.75. The summed E-state index contributed by atoms with van der Waals surface area (Å²) in [6.07, 6.45) is 1.02. The first-order valence-corrected chi connectivity index (χ1v) is 11.6. The molecule has 11 heteroatoms. The molecule has 0 atom stereocenters. The third kappa shape index (κ3) is 4.52. The smallest absolute Gasteiger partial charge is 0.300 e. The van der Waals surface area contributed by atoms with Crippen molar-refractivity contribution in [3.63, 3.8) is 0 Å². The molecular weight excluding hydrogens is 463 g/mol. The SMILES string of the molecule is COCCOc1ccc(Cl)c(S(=O)(=O)NC(=O)c2cc3c(F)cc(N4CCC4)cc3o2)c1. The fourth-order valence-electron chi connectivity index (χ4n) is 3.20. The highest BCUT2D eigenvalue weighted by molar-refractivity contribution is 7.90. The van der Waals surface area contributed by atoms with Crippen LogP contribution in [-0.4, -0.2) is 47.7 Å². The molecule has 1 aliphatic rings.